The van der Waals surface area contributed by atoms with Gasteiger partial charge >= 0.3 is 0 Å². The molecule has 1 aromatic carbocycles. The minimum Gasteiger partial charge on any atom is -0.493 e. The summed E-state index contributed by atoms with van der Waals surface area (Å²) in [5.74, 6) is 0.260. The summed E-state index contributed by atoms with van der Waals surface area (Å²) in [6.45, 7) is 1.97. The van der Waals surface area contributed by atoms with Crippen LogP contribution in [0.5, 0.6) is 5.75 Å². The number of carbonyl (C=O) groups excluding carboxylic acids is 3. The average Bonchev–Trinajstić information content (AvgIpc) is 3.37. The van der Waals surface area contributed by atoms with Crippen molar-refractivity contribution in [2.75, 3.05) is 40.8 Å². The molecule has 1 aliphatic rings. The second kappa shape index (κ2) is 12.9. The molecule has 3 amide bonds. The first-order valence-electron chi connectivity index (χ1n) is 12.3. The fraction of sp³-hybridized carbons (Fsp3) is 0.538. The normalized spacial score (nSPS) is 17.6. The van der Waals surface area contributed by atoms with Gasteiger partial charge in [-0.25, -0.2) is 0 Å². The van der Waals surface area contributed by atoms with E-state index >= 15 is 0 Å². The fourth-order valence-corrected chi connectivity index (χ4v) is 4.22. The molecule has 190 valence electrons. The zero-order valence-electron chi connectivity index (χ0n) is 21.1. The number of amides is 3. The maximum absolute atomic E-state index is 13.4. The molecule has 0 aliphatic carbocycles. The summed E-state index contributed by atoms with van der Waals surface area (Å²) in [6.07, 6.45) is 8.08. The van der Waals surface area contributed by atoms with E-state index in [1.165, 1.54) is 0 Å². The minimum absolute atomic E-state index is 0.0181. The number of fused-ring (bicyclic) bond motifs is 1. The highest BCUT2D eigenvalue weighted by atomic mass is 16.5. The van der Waals surface area contributed by atoms with Crippen LogP contribution in [-0.2, 0) is 16.1 Å². The highest BCUT2D eigenvalue weighted by Crippen LogP contribution is 2.23. The molecule has 0 spiro atoms. The summed E-state index contributed by atoms with van der Waals surface area (Å²) in [6, 6.07) is 8.43. The third-order valence-corrected chi connectivity index (χ3v) is 6.47. The van der Waals surface area contributed by atoms with Crippen molar-refractivity contribution in [3.8, 4) is 5.75 Å². The lowest BCUT2D eigenvalue weighted by Crippen LogP contribution is -2.48. The van der Waals surface area contributed by atoms with Gasteiger partial charge in [0, 0.05) is 46.6 Å². The minimum atomic E-state index is -0.577. The number of carbonyl (C=O) groups is 3. The smallest absolute Gasteiger partial charge is 0.258 e. The summed E-state index contributed by atoms with van der Waals surface area (Å²) in [4.78, 5) is 44.1. The molecule has 1 aromatic heterocycles. The number of rotatable bonds is 7. The molecule has 0 fully saturated rings. The molecule has 0 saturated heterocycles. The molecule has 1 aliphatic heterocycles. The largest absolute Gasteiger partial charge is 0.493 e. The van der Waals surface area contributed by atoms with E-state index in [2.05, 4.69) is 5.10 Å². The van der Waals surface area contributed by atoms with Crippen molar-refractivity contribution < 1.29 is 19.1 Å². The van der Waals surface area contributed by atoms with Gasteiger partial charge in [0.2, 0.25) is 11.8 Å². The Bertz CT molecular complexity index is 978. The average molecular weight is 484 g/mol. The lowest BCUT2D eigenvalue weighted by Gasteiger charge is -2.31. The summed E-state index contributed by atoms with van der Waals surface area (Å²) in [7, 11) is 5.27. The van der Waals surface area contributed by atoms with Crippen molar-refractivity contribution in [1.29, 1.82) is 0 Å². The highest BCUT2D eigenvalue weighted by molar-refractivity contribution is 5.99. The SMILES string of the molecule is CN(CCCC[C@H]1C(=O)N(C)CCCCCOc2ccccc2C(=O)N1C)C(=O)Cn1cccn1. The van der Waals surface area contributed by atoms with Gasteiger partial charge in [0.05, 0.1) is 12.2 Å². The molecule has 0 unspecified atom stereocenters. The van der Waals surface area contributed by atoms with E-state index in [4.69, 9.17) is 4.74 Å². The van der Waals surface area contributed by atoms with E-state index in [0.29, 0.717) is 43.9 Å². The van der Waals surface area contributed by atoms with Crippen LogP contribution >= 0.6 is 0 Å². The standard InChI is InChI=1S/C26H37N5O4/c1-28(24(32)20-31-18-11-15-27-31)16-9-7-13-22-26(34)29(2)17-8-4-10-19-35-23-14-6-5-12-21(23)25(33)30(22)3/h5-6,11-12,14-15,18,22H,4,7-10,13,16-17,19-20H2,1-3H3/t22-/m0/s1. The van der Waals surface area contributed by atoms with E-state index in [0.717, 1.165) is 25.7 Å². The number of benzene rings is 1. The van der Waals surface area contributed by atoms with Crippen LogP contribution < -0.4 is 4.74 Å². The van der Waals surface area contributed by atoms with Crippen LogP contribution in [0.2, 0.25) is 0 Å². The van der Waals surface area contributed by atoms with Gasteiger partial charge in [0.15, 0.2) is 0 Å². The number of hydrogen-bond acceptors (Lipinski definition) is 5. The third kappa shape index (κ3) is 7.31. The van der Waals surface area contributed by atoms with E-state index in [1.807, 2.05) is 12.1 Å². The maximum Gasteiger partial charge on any atom is 0.258 e. The van der Waals surface area contributed by atoms with Crippen molar-refractivity contribution >= 4 is 17.7 Å². The van der Waals surface area contributed by atoms with E-state index in [9.17, 15) is 14.4 Å². The lowest BCUT2D eigenvalue weighted by molar-refractivity contribution is -0.135. The Morgan fingerprint density at radius 1 is 1.11 bits per heavy atom. The summed E-state index contributed by atoms with van der Waals surface area (Å²) in [5, 5.41) is 4.07. The van der Waals surface area contributed by atoms with Crippen LogP contribution in [0.4, 0.5) is 0 Å². The predicted molar refractivity (Wildman–Crippen MR) is 133 cm³/mol. The van der Waals surface area contributed by atoms with Crippen molar-refractivity contribution in [2.45, 2.75) is 51.1 Å². The molecular formula is C26H37N5O4. The second-order valence-corrected chi connectivity index (χ2v) is 9.11. The number of hydrogen-bond donors (Lipinski definition) is 0. The summed E-state index contributed by atoms with van der Waals surface area (Å²) in [5.41, 5.74) is 0.471. The number of para-hydroxylation sites is 1. The molecule has 9 heteroatoms. The van der Waals surface area contributed by atoms with Gasteiger partial charge < -0.3 is 19.4 Å². The van der Waals surface area contributed by atoms with Crippen molar-refractivity contribution in [3.63, 3.8) is 0 Å². The Labute approximate surface area is 207 Å². The van der Waals surface area contributed by atoms with Crippen LogP contribution in [0.3, 0.4) is 0 Å². The molecule has 2 aromatic rings. The Morgan fingerprint density at radius 3 is 2.69 bits per heavy atom. The van der Waals surface area contributed by atoms with Crippen LogP contribution in [-0.4, -0.2) is 89.1 Å². The van der Waals surface area contributed by atoms with Gasteiger partial charge in [-0.2, -0.15) is 5.10 Å². The van der Waals surface area contributed by atoms with Gasteiger partial charge in [-0.05, 0) is 56.7 Å². The molecule has 9 nitrogen and oxygen atoms in total. The monoisotopic (exact) mass is 483 g/mol. The molecule has 0 saturated carbocycles. The summed E-state index contributed by atoms with van der Waals surface area (Å²) >= 11 is 0. The zero-order chi connectivity index (χ0) is 25.2. The second-order valence-electron chi connectivity index (χ2n) is 9.11. The number of nitrogens with zero attached hydrogens (tertiary/aromatic N) is 5. The first-order valence-corrected chi connectivity index (χ1v) is 12.3. The van der Waals surface area contributed by atoms with Crippen LogP contribution in [0.15, 0.2) is 42.7 Å². The molecule has 3 rings (SSSR count). The van der Waals surface area contributed by atoms with Crippen LogP contribution in [0.25, 0.3) is 0 Å². The molecule has 35 heavy (non-hydrogen) atoms. The van der Waals surface area contributed by atoms with Gasteiger partial charge in [-0.15, -0.1) is 0 Å². The maximum atomic E-state index is 13.4. The Morgan fingerprint density at radius 2 is 1.91 bits per heavy atom. The van der Waals surface area contributed by atoms with Gasteiger partial charge in [0.1, 0.15) is 18.3 Å². The van der Waals surface area contributed by atoms with Crippen LogP contribution in [0.1, 0.15) is 48.9 Å². The Kier molecular flexibility index (Phi) is 9.69. The lowest BCUT2D eigenvalue weighted by atomic mass is 10.0. The first-order chi connectivity index (χ1) is 16.9. The fourth-order valence-electron chi connectivity index (χ4n) is 4.22. The van der Waals surface area contributed by atoms with Gasteiger partial charge in [-0.3, -0.25) is 19.1 Å². The molecule has 2 heterocycles. The van der Waals surface area contributed by atoms with E-state index < -0.39 is 6.04 Å². The van der Waals surface area contributed by atoms with Gasteiger partial charge in [-0.1, -0.05) is 12.1 Å². The van der Waals surface area contributed by atoms with Crippen molar-refractivity contribution in [3.05, 3.63) is 48.3 Å². The van der Waals surface area contributed by atoms with Crippen molar-refractivity contribution in [1.82, 2.24) is 24.5 Å². The number of unbranched alkanes of at least 4 members (excludes halogenated alkanes) is 1. The van der Waals surface area contributed by atoms with Gasteiger partial charge in [0.25, 0.3) is 5.91 Å². The van der Waals surface area contributed by atoms with E-state index in [1.54, 1.807) is 71.1 Å². The number of likely N-dealkylation sites (N-methyl/N-ethyl adjacent to an activating group) is 3. The predicted octanol–water partition coefficient (Wildman–Crippen LogP) is 2.67. The zero-order valence-corrected chi connectivity index (χ0v) is 21.1. The molecular weight excluding hydrogens is 446 g/mol. The van der Waals surface area contributed by atoms with Crippen molar-refractivity contribution in [2.24, 2.45) is 0 Å². The first kappa shape index (κ1) is 26.2. The Hall–Kier alpha value is -3.36. The topological polar surface area (TPSA) is 88.0 Å². The number of aromatic nitrogens is 2. The highest BCUT2D eigenvalue weighted by Gasteiger charge is 2.30. The summed E-state index contributed by atoms with van der Waals surface area (Å²) < 4.78 is 7.50. The molecule has 0 N–H and O–H groups in total. The quantitative estimate of drug-likeness (QED) is 0.565. The Balaban J connectivity index is 1.65. The molecule has 1 atom stereocenters. The third-order valence-electron chi connectivity index (χ3n) is 6.47. The van der Waals surface area contributed by atoms with Crippen LogP contribution in [0, 0.1) is 0 Å². The van der Waals surface area contributed by atoms with E-state index in [-0.39, 0.29) is 24.3 Å². The number of ether oxygens (including phenoxy) is 1. The molecule has 0 bridgehead atoms. The molecule has 0 radical (unpaired) electrons.